The van der Waals surface area contributed by atoms with Gasteiger partial charge in [0.25, 0.3) is 0 Å². The van der Waals surface area contributed by atoms with E-state index >= 15 is 0 Å². The average Bonchev–Trinajstić information content (AvgIpc) is 3.58. The molecule has 12 unspecified atom stereocenters. The van der Waals surface area contributed by atoms with Crippen LogP contribution in [-0.2, 0) is 28.4 Å². The average molecular weight is 741 g/mol. The molecule has 0 radical (unpaired) electrons. The first kappa shape index (κ1) is 38.4. The molecule has 4 heterocycles. The molecular weight excluding hydrogens is 676 g/mol. The standard InChI is InChI=1S/C39H64O13/c1-18-7-12-39(47-17-18)19(2)28-25(52-39)14-24-22-6-5-20-13-21(8-10-37(20,3)23(22)9-11-38(24,28)4)48-36-34(32(45)30(43)27(16-41)50-36)51-35-33(46)31(44)29(42)26(15-40)49-35/h18-36,40-46H,5-17H2,1-4H3/t18?,19?,20?,21?,22?,23?,24?,25?,26-,27-,28?,29-,30-,31+,32+,33-,34-,35+,36-,37?,38?,39?/m1/s1. The van der Waals surface area contributed by atoms with E-state index < -0.39 is 80.4 Å². The molecule has 0 aromatic carbocycles. The number of ether oxygens (including phenoxy) is 6. The highest BCUT2D eigenvalue weighted by Crippen LogP contribution is 2.71. The SMILES string of the molecule is CC1CCC2(OC1)OC1CC3C4CCC5CC(O[C@@H]6O[C@H](CO)[C@@H](O)[C@H](O)[C@H]6O[C@@H]6O[C@H](CO)[C@@H](O)[C@H](O)[C@H]6O)CCC5(C)C4CCC3(C)C1C2C. The molecule has 13 nitrogen and oxygen atoms in total. The second-order valence-corrected chi connectivity index (χ2v) is 18.7. The van der Waals surface area contributed by atoms with E-state index in [-0.39, 0.29) is 23.0 Å². The minimum absolute atomic E-state index is 0.168. The van der Waals surface area contributed by atoms with Gasteiger partial charge in [0, 0.05) is 12.3 Å². The predicted octanol–water partition coefficient (Wildman–Crippen LogP) is 1.44. The molecule has 4 aliphatic heterocycles. The van der Waals surface area contributed by atoms with Crippen molar-refractivity contribution in [2.24, 2.45) is 52.3 Å². The summed E-state index contributed by atoms with van der Waals surface area (Å²) in [5, 5.41) is 72.7. The first-order valence-corrected chi connectivity index (χ1v) is 20.3. The van der Waals surface area contributed by atoms with E-state index in [1.54, 1.807) is 0 Å². The van der Waals surface area contributed by atoms with Crippen LogP contribution in [0.5, 0.6) is 0 Å². The van der Waals surface area contributed by atoms with Crippen molar-refractivity contribution in [1.82, 2.24) is 0 Å². The number of hydrogen-bond acceptors (Lipinski definition) is 13. The van der Waals surface area contributed by atoms with Gasteiger partial charge >= 0.3 is 0 Å². The van der Waals surface area contributed by atoms with E-state index in [0.29, 0.717) is 41.4 Å². The Balaban J connectivity index is 0.942. The Kier molecular flexibility index (Phi) is 10.4. The summed E-state index contributed by atoms with van der Waals surface area (Å²) in [5.41, 5.74) is 0.425. The molecule has 13 heteroatoms. The van der Waals surface area contributed by atoms with Crippen LogP contribution in [0.3, 0.4) is 0 Å². The molecule has 298 valence electrons. The molecule has 1 spiro atoms. The molecule has 8 aliphatic rings. The second kappa shape index (κ2) is 14.1. The molecule has 0 amide bonds. The highest BCUT2D eigenvalue weighted by Gasteiger charge is 2.69. The Morgan fingerprint density at radius 3 is 2.06 bits per heavy atom. The second-order valence-electron chi connectivity index (χ2n) is 18.7. The highest BCUT2D eigenvalue weighted by atomic mass is 16.8. The molecule has 22 atom stereocenters. The van der Waals surface area contributed by atoms with Crippen molar-refractivity contribution in [3.63, 3.8) is 0 Å². The Morgan fingerprint density at radius 1 is 0.673 bits per heavy atom. The molecular formula is C39H64O13. The van der Waals surface area contributed by atoms with Crippen LogP contribution >= 0.6 is 0 Å². The lowest BCUT2D eigenvalue weighted by Gasteiger charge is -2.61. The van der Waals surface area contributed by atoms with Gasteiger partial charge in [-0.3, -0.25) is 0 Å². The first-order valence-electron chi connectivity index (χ1n) is 20.3. The number of aliphatic hydroxyl groups excluding tert-OH is 7. The zero-order chi connectivity index (χ0) is 36.9. The third kappa shape index (κ3) is 5.98. The highest BCUT2D eigenvalue weighted by molar-refractivity contribution is 5.15. The van der Waals surface area contributed by atoms with Crippen LogP contribution < -0.4 is 0 Å². The van der Waals surface area contributed by atoms with Crippen molar-refractivity contribution >= 4 is 0 Å². The number of fused-ring (bicyclic) bond motifs is 7. The van der Waals surface area contributed by atoms with Crippen LogP contribution in [0, 0.1) is 52.3 Å². The molecule has 0 bridgehead atoms. The van der Waals surface area contributed by atoms with E-state index in [1.165, 1.54) is 25.7 Å². The van der Waals surface area contributed by atoms with Crippen molar-refractivity contribution in [2.45, 2.75) is 171 Å². The largest absolute Gasteiger partial charge is 0.394 e. The maximum atomic E-state index is 11.1. The fourth-order valence-corrected chi connectivity index (χ4v) is 13.2. The lowest BCUT2D eigenvalue weighted by Crippen LogP contribution is -2.65. The normalized spacial score (nSPS) is 59.0. The molecule has 0 aromatic heterocycles. The maximum Gasteiger partial charge on any atom is 0.187 e. The summed E-state index contributed by atoms with van der Waals surface area (Å²) in [5.74, 6) is 3.51. The summed E-state index contributed by atoms with van der Waals surface area (Å²) in [6.45, 7) is 9.33. The van der Waals surface area contributed by atoms with Gasteiger partial charge in [0.15, 0.2) is 18.4 Å². The van der Waals surface area contributed by atoms with Gasteiger partial charge in [-0.25, -0.2) is 0 Å². The van der Waals surface area contributed by atoms with Crippen LogP contribution in [0.2, 0.25) is 0 Å². The van der Waals surface area contributed by atoms with E-state index in [1.807, 2.05) is 0 Å². The molecule has 52 heavy (non-hydrogen) atoms. The van der Waals surface area contributed by atoms with Gasteiger partial charge in [-0.15, -0.1) is 0 Å². The topological polar surface area (TPSA) is 197 Å². The summed E-state index contributed by atoms with van der Waals surface area (Å²) in [4.78, 5) is 0. The summed E-state index contributed by atoms with van der Waals surface area (Å²) in [7, 11) is 0. The summed E-state index contributed by atoms with van der Waals surface area (Å²) in [6, 6.07) is 0. The van der Waals surface area contributed by atoms with E-state index in [2.05, 4.69) is 27.7 Å². The molecule has 4 aliphatic carbocycles. The van der Waals surface area contributed by atoms with Gasteiger partial charge in [0.2, 0.25) is 0 Å². The third-order valence-electron chi connectivity index (χ3n) is 16.2. The molecule has 8 rings (SSSR count). The summed E-state index contributed by atoms with van der Waals surface area (Å²) in [6.07, 6.45) is -3.88. The van der Waals surface area contributed by atoms with Crippen molar-refractivity contribution in [3.8, 4) is 0 Å². The van der Waals surface area contributed by atoms with Crippen LogP contribution in [0.15, 0.2) is 0 Å². The molecule has 4 saturated carbocycles. The van der Waals surface area contributed by atoms with Gasteiger partial charge < -0.3 is 64.2 Å². The number of rotatable bonds is 6. The van der Waals surface area contributed by atoms with Gasteiger partial charge in [-0.2, -0.15) is 0 Å². The third-order valence-corrected chi connectivity index (χ3v) is 16.2. The Hall–Kier alpha value is -0.520. The molecule has 7 N–H and O–H groups in total. The minimum atomic E-state index is -1.71. The maximum absolute atomic E-state index is 11.1. The fourth-order valence-electron chi connectivity index (χ4n) is 13.2. The molecule has 4 saturated heterocycles. The minimum Gasteiger partial charge on any atom is -0.394 e. The summed E-state index contributed by atoms with van der Waals surface area (Å²) < 4.78 is 37.5. The van der Waals surface area contributed by atoms with E-state index in [0.717, 1.165) is 45.1 Å². The van der Waals surface area contributed by atoms with Crippen molar-refractivity contribution in [3.05, 3.63) is 0 Å². The van der Waals surface area contributed by atoms with Crippen LogP contribution in [-0.4, -0.2) is 135 Å². The van der Waals surface area contributed by atoms with Crippen molar-refractivity contribution in [1.29, 1.82) is 0 Å². The Morgan fingerprint density at radius 2 is 1.37 bits per heavy atom. The number of aliphatic hydroxyl groups is 7. The van der Waals surface area contributed by atoms with Gasteiger partial charge in [-0.1, -0.05) is 27.7 Å². The predicted molar refractivity (Wildman–Crippen MR) is 183 cm³/mol. The molecule has 8 fully saturated rings. The van der Waals surface area contributed by atoms with Crippen LogP contribution in [0.1, 0.15) is 91.9 Å². The van der Waals surface area contributed by atoms with Gasteiger partial charge in [0.05, 0.1) is 32.0 Å². The van der Waals surface area contributed by atoms with E-state index in [4.69, 9.17) is 28.4 Å². The Bertz CT molecular complexity index is 1260. The van der Waals surface area contributed by atoms with Crippen molar-refractivity contribution < 1.29 is 64.2 Å². The van der Waals surface area contributed by atoms with Crippen LogP contribution in [0.25, 0.3) is 0 Å². The van der Waals surface area contributed by atoms with Crippen LogP contribution in [0.4, 0.5) is 0 Å². The quantitative estimate of drug-likeness (QED) is 0.194. The lowest BCUT2D eigenvalue weighted by atomic mass is 9.44. The van der Waals surface area contributed by atoms with Gasteiger partial charge in [0.1, 0.15) is 48.8 Å². The van der Waals surface area contributed by atoms with Crippen molar-refractivity contribution in [2.75, 3.05) is 19.8 Å². The summed E-state index contributed by atoms with van der Waals surface area (Å²) >= 11 is 0. The molecule has 0 aromatic rings. The monoisotopic (exact) mass is 740 g/mol. The number of hydrogen-bond donors (Lipinski definition) is 7. The fraction of sp³-hybridized carbons (Fsp3) is 1.00. The lowest BCUT2D eigenvalue weighted by molar-refractivity contribution is -0.373. The Labute approximate surface area is 307 Å². The zero-order valence-corrected chi connectivity index (χ0v) is 31.2. The smallest absolute Gasteiger partial charge is 0.187 e. The van der Waals surface area contributed by atoms with E-state index in [9.17, 15) is 35.7 Å². The zero-order valence-electron chi connectivity index (χ0n) is 31.2. The first-order chi connectivity index (χ1) is 24.7. The van der Waals surface area contributed by atoms with Gasteiger partial charge in [-0.05, 0) is 104 Å².